The van der Waals surface area contributed by atoms with Gasteiger partial charge in [0.15, 0.2) is 5.96 Å². The maximum Gasteiger partial charge on any atom is 0.191 e. The lowest BCUT2D eigenvalue weighted by molar-refractivity contribution is -0.0971. The first-order chi connectivity index (χ1) is 8.41. The van der Waals surface area contributed by atoms with Gasteiger partial charge in [-0.3, -0.25) is 4.99 Å². The van der Waals surface area contributed by atoms with Crippen molar-refractivity contribution in [3.8, 4) is 0 Å². The molecule has 106 valence electrons. The van der Waals surface area contributed by atoms with Crippen LogP contribution >= 0.6 is 11.8 Å². The van der Waals surface area contributed by atoms with Crippen molar-refractivity contribution in [3.63, 3.8) is 0 Å². The maximum absolute atomic E-state index is 5.26. The Hall–Kier alpha value is -0.420. The summed E-state index contributed by atoms with van der Waals surface area (Å²) in [7, 11) is 0. The highest BCUT2D eigenvalue weighted by molar-refractivity contribution is 7.99. The Balaban J connectivity index is 2.45. The summed E-state index contributed by atoms with van der Waals surface area (Å²) in [5, 5.41) is 6.70. The zero-order chi connectivity index (χ0) is 13.6. The largest absolute Gasteiger partial charge is 0.380 e. The van der Waals surface area contributed by atoms with E-state index in [0.29, 0.717) is 0 Å². The van der Waals surface area contributed by atoms with Crippen molar-refractivity contribution in [3.05, 3.63) is 0 Å². The molecule has 1 rings (SSSR count). The molecule has 0 radical (unpaired) electrons. The number of aliphatic imine (C=N–C) groups is 1. The fourth-order valence-electron chi connectivity index (χ4n) is 1.53. The Labute approximate surface area is 115 Å². The molecule has 18 heavy (non-hydrogen) atoms. The molecule has 1 aliphatic rings. The highest BCUT2D eigenvalue weighted by Crippen LogP contribution is 2.25. The van der Waals surface area contributed by atoms with Crippen LogP contribution in [-0.4, -0.2) is 49.8 Å². The summed E-state index contributed by atoms with van der Waals surface area (Å²) < 4.78 is 5.44. The number of hydrogen-bond donors (Lipinski definition) is 2. The van der Waals surface area contributed by atoms with Crippen molar-refractivity contribution in [1.29, 1.82) is 0 Å². The quantitative estimate of drug-likeness (QED) is 0.571. The molecule has 0 aromatic rings. The molecule has 5 heteroatoms. The number of ether oxygens (including phenoxy) is 1. The van der Waals surface area contributed by atoms with Crippen LogP contribution in [0, 0.1) is 5.41 Å². The van der Waals surface area contributed by atoms with Gasteiger partial charge in [-0.2, -0.15) is 11.8 Å². The lowest BCUT2D eigenvalue weighted by atomic mass is 9.89. The molecule has 0 aliphatic carbocycles. The zero-order valence-corrected chi connectivity index (χ0v) is 13.1. The van der Waals surface area contributed by atoms with E-state index in [4.69, 9.17) is 4.74 Å². The van der Waals surface area contributed by atoms with Gasteiger partial charge in [-0.25, -0.2) is 0 Å². The van der Waals surface area contributed by atoms with E-state index in [1.54, 1.807) is 0 Å². The number of hydrogen-bond acceptors (Lipinski definition) is 3. The van der Waals surface area contributed by atoms with E-state index in [2.05, 4.69) is 49.6 Å². The zero-order valence-electron chi connectivity index (χ0n) is 12.3. The molecule has 0 saturated carbocycles. The second-order valence-electron chi connectivity index (χ2n) is 5.82. The van der Waals surface area contributed by atoms with Crippen molar-refractivity contribution in [2.45, 2.75) is 32.4 Å². The van der Waals surface area contributed by atoms with Crippen LogP contribution in [0.2, 0.25) is 0 Å². The van der Waals surface area contributed by atoms with E-state index in [0.717, 1.165) is 38.8 Å². The van der Waals surface area contributed by atoms with E-state index in [-0.39, 0.29) is 10.2 Å². The Morgan fingerprint density at radius 1 is 1.39 bits per heavy atom. The van der Waals surface area contributed by atoms with E-state index >= 15 is 0 Å². The Morgan fingerprint density at radius 3 is 2.50 bits per heavy atom. The summed E-state index contributed by atoms with van der Waals surface area (Å²) in [6, 6.07) is 0. The van der Waals surface area contributed by atoms with Gasteiger partial charge in [0.2, 0.25) is 0 Å². The van der Waals surface area contributed by atoms with Crippen molar-refractivity contribution < 1.29 is 4.74 Å². The van der Waals surface area contributed by atoms with Crippen molar-refractivity contribution in [1.82, 2.24) is 10.6 Å². The normalized spacial score (nSPS) is 19.3. The van der Waals surface area contributed by atoms with Crippen LogP contribution in [0.4, 0.5) is 0 Å². The first kappa shape index (κ1) is 15.6. The average molecular weight is 273 g/mol. The number of nitrogens with one attached hydrogen (secondary N) is 2. The fourth-order valence-corrected chi connectivity index (χ4v) is 1.72. The summed E-state index contributed by atoms with van der Waals surface area (Å²) in [6.45, 7) is 13.1. The highest BCUT2D eigenvalue weighted by Gasteiger charge is 2.33. The smallest absolute Gasteiger partial charge is 0.191 e. The van der Waals surface area contributed by atoms with Crippen LogP contribution in [0.5, 0.6) is 0 Å². The monoisotopic (exact) mass is 273 g/mol. The number of guanidine groups is 1. The van der Waals surface area contributed by atoms with Gasteiger partial charge < -0.3 is 15.4 Å². The Kier molecular flexibility index (Phi) is 5.79. The van der Waals surface area contributed by atoms with Gasteiger partial charge in [-0.15, -0.1) is 0 Å². The molecule has 0 bridgehead atoms. The summed E-state index contributed by atoms with van der Waals surface area (Å²) >= 11 is 1.84. The minimum atomic E-state index is 0.186. The van der Waals surface area contributed by atoms with Gasteiger partial charge >= 0.3 is 0 Å². The molecular formula is C13H27N3OS. The van der Waals surface area contributed by atoms with Crippen molar-refractivity contribution >= 4 is 17.7 Å². The molecule has 1 heterocycles. The fraction of sp³-hybridized carbons (Fsp3) is 0.923. The average Bonchev–Trinajstić information content (AvgIpc) is 2.30. The van der Waals surface area contributed by atoms with Crippen molar-refractivity contribution in [2.24, 2.45) is 10.4 Å². The van der Waals surface area contributed by atoms with E-state index in [1.165, 1.54) is 0 Å². The van der Waals surface area contributed by atoms with Gasteiger partial charge in [-0.1, -0.05) is 6.92 Å². The van der Waals surface area contributed by atoms with Crippen LogP contribution in [-0.2, 0) is 4.74 Å². The standard InChI is InChI=1S/C13H27N3OS/c1-6-14-11(15-7-12(2,3)18-5)16-8-13(4)9-17-10-13/h6-10H2,1-5H3,(H2,14,15,16). The van der Waals surface area contributed by atoms with Gasteiger partial charge in [-0.05, 0) is 27.0 Å². The van der Waals surface area contributed by atoms with Gasteiger partial charge in [0, 0.05) is 23.3 Å². The molecule has 0 spiro atoms. The minimum Gasteiger partial charge on any atom is -0.380 e. The molecule has 0 aromatic carbocycles. The van der Waals surface area contributed by atoms with Gasteiger partial charge in [0.1, 0.15) is 0 Å². The number of rotatable bonds is 6. The SMILES string of the molecule is CCNC(=NCC(C)(C)SC)NCC1(C)COC1. The summed E-state index contributed by atoms with van der Waals surface area (Å²) in [5.41, 5.74) is 0.269. The molecule has 0 unspecified atom stereocenters. The first-order valence-corrected chi connectivity index (χ1v) is 7.78. The van der Waals surface area contributed by atoms with Crippen LogP contribution < -0.4 is 10.6 Å². The Morgan fingerprint density at radius 2 is 2.06 bits per heavy atom. The molecule has 1 saturated heterocycles. The predicted molar refractivity (Wildman–Crippen MR) is 80.5 cm³/mol. The molecule has 1 fully saturated rings. The van der Waals surface area contributed by atoms with Crippen LogP contribution in [0.1, 0.15) is 27.7 Å². The van der Waals surface area contributed by atoms with Crippen molar-refractivity contribution in [2.75, 3.05) is 39.1 Å². The van der Waals surface area contributed by atoms with Crippen LogP contribution in [0.25, 0.3) is 0 Å². The third kappa shape index (κ3) is 5.06. The van der Waals surface area contributed by atoms with E-state index in [1.807, 2.05) is 11.8 Å². The highest BCUT2D eigenvalue weighted by atomic mass is 32.2. The second-order valence-corrected chi connectivity index (χ2v) is 7.33. The molecule has 4 nitrogen and oxygen atoms in total. The Bertz CT molecular complexity index is 288. The summed E-state index contributed by atoms with van der Waals surface area (Å²) in [4.78, 5) is 4.65. The topological polar surface area (TPSA) is 45.7 Å². The first-order valence-electron chi connectivity index (χ1n) is 6.56. The lowest BCUT2D eigenvalue weighted by Crippen LogP contribution is -2.51. The van der Waals surface area contributed by atoms with E-state index in [9.17, 15) is 0 Å². The number of thioether (sulfide) groups is 1. The molecule has 2 N–H and O–H groups in total. The third-order valence-electron chi connectivity index (χ3n) is 3.10. The second kappa shape index (κ2) is 6.66. The predicted octanol–water partition coefficient (Wildman–Crippen LogP) is 1.72. The maximum atomic E-state index is 5.26. The molecule has 0 aromatic heterocycles. The number of nitrogens with zero attached hydrogens (tertiary/aromatic N) is 1. The minimum absolute atomic E-state index is 0.186. The summed E-state index contributed by atoms with van der Waals surface area (Å²) in [5.74, 6) is 0.910. The van der Waals surface area contributed by atoms with Gasteiger partial charge in [0.05, 0.1) is 19.8 Å². The third-order valence-corrected chi connectivity index (χ3v) is 4.33. The summed E-state index contributed by atoms with van der Waals surface area (Å²) in [6.07, 6.45) is 2.13. The van der Waals surface area contributed by atoms with Gasteiger partial charge in [0.25, 0.3) is 0 Å². The van der Waals surface area contributed by atoms with Crippen LogP contribution in [0.15, 0.2) is 4.99 Å². The molecule has 1 aliphatic heterocycles. The lowest BCUT2D eigenvalue weighted by Gasteiger charge is -2.38. The molecule has 0 amide bonds. The molecular weight excluding hydrogens is 246 g/mol. The van der Waals surface area contributed by atoms with Crippen LogP contribution in [0.3, 0.4) is 0 Å². The van der Waals surface area contributed by atoms with E-state index < -0.39 is 0 Å². The molecule has 0 atom stereocenters.